The van der Waals surface area contributed by atoms with Crippen LogP contribution in [0.1, 0.15) is 42.7 Å². The number of hydrogen-bond acceptors (Lipinski definition) is 6. The van der Waals surface area contributed by atoms with Gasteiger partial charge in [0.15, 0.2) is 5.76 Å². The van der Waals surface area contributed by atoms with Crippen molar-refractivity contribution in [1.29, 1.82) is 0 Å². The molecule has 0 unspecified atom stereocenters. The van der Waals surface area contributed by atoms with E-state index in [0.29, 0.717) is 18.0 Å². The molecule has 1 saturated carbocycles. The molecule has 1 aromatic heterocycles. The van der Waals surface area contributed by atoms with Crippen LogP contribution in [-0.2, 0) is 16.6 Å². The summed E-state index contributed by atoms with van der Waals surface area (Å²) < 4.78 is 38.2. The maximum atomic E-state index is 12.9. The molecule has 1 aliphatic carbocycles. The number of sulfonamides is 1. The van der Waals surface area contributed by atoms with E-state index in [1.165, 1.54) is 17.1 Å². The molecule has 0 amide bonds. The Kier molecular flexibility index (Phi) is 6.62. The summed E-state index contributed by atoms with van der Waals surface area (Å²) in [5.74, 6) is 1.36. The molecule has 7 nitrogen and oxygen atoms in total. The van der Waals surface area contributed by atoms with Gasteiger partial charge in [-0.15, -0.1) is 0 Å². The third kappa shape index (κ3) is 4.92. The number of rotatable bonds is 8. The minimum absolute atomic E-state index is 0.0840. The molecular formula is C22H30ClN3O4S. The number of hydrogen-bond donors (Lipinski definition) is 0. The zero-order valence-electron chi connectivity index (χ0n) is 18.3. The molecule has 1 aliphatic heterocycles. The molecule has 2 heterocycles. The fourth-order valence-electron chi connectivity index (χ4n) is 4.48. The van der Waals surface area contributed by atoms with Crippen molar-refractivity contribution in [3.8, 4) is 5.75 Å². The standard InChI is InChI=1S/C22H30ClN3O4S/c1-15-22(16(2)30-24-15)31(27,28)25(3)13-17-10-20(11-17)29-19-7-6-18(21(23)12-19)14-26-8-4-5-9-26/h6-7,12,17,20H,4-5,8-11,13-14H2,1-3H3. The van der Waals surface area contributed by atoms with Crippen molar-refractivity contribution in [1.82, 2.24) is 14.4 Å². The van der Waals surface area contributed by atoms with Crippen molar-refractivity contribution >= 4 is 21.6 Å². The molecule has 31 heavy (non-hydrogen) atoms. The van der Waals surface area contributed by atoms with Crippen LogP contribution in [0.4, 0.5) is 0 Å². The van der Waals surface area contributed by atoms with E-state index in [0.717, 1.165) is 48.8 Å². The number of halogens is 1. The largest absolute Gasteiger partial charge is 0.490 e. The summed E-state index contributed by atoms with van der Waals surface area (Å²) in [6.07, 6.45) is 4.23. The topological polar surface area (TPSA) is 75.9 Å². The summed E-state index contributed by atoms with van der Waals surface area (Å²) in [5, 5.41) is 4.51. The van der Waals surface area contributed by atoms with Crippen LogP contribution in [0.25, 0.3) is 0 Å². The number of nitrogens with zero attached hydrogens (tertiary/aromatic N) is 3. The molecule has 0 bridgehead atoms. The van der Waals surface area contributed by atoms with Gasteiger partial charge in [0.1, 0.15) is 16.3 Å². The lowest BCUT2D eigenvalue weighted by Gasteiger charge is -2.37. The maximum Gasteiger partial charge on any atom is 0.248 e. The zero-order valence-corrected chi connectivity index (χ0v) is 19.9. The van der Waals surface area contributed by atoms with Crippen LogP contribution in [0.3, 0.4) is 0 Å². The summed E-state index contributed by atoms with van der Waals surface area (Å²) in [7, 11) is -2.00. The summed E-state index contributed by atoms with van der Waals surface area (Å²) in [6.45, 7) is 6.87. The molecule has 0 N–H and O–H groups in total. The number of aryl methyl sites for hydroxylation is 2. The minimum Gasteiger partial charge on any atom is -0.490 e. The van der Waals surface area contributed by atoms with Crippen LogP contribution in [0.2, 0.25) is 5.02 Å². The first-order valence-corrected chi connectivity index (χ1v) is 12.6. The van der Waals surface area contributed by atoms with E-state index in [2.05, 4.69) is 16.1 Å². The first kappa shape index (κ1) is 22.6. The second-order valence-corrected chi connectivity index (χ2v) is 11.1. The Morgan fingerprint density at radius 3 is 2.58 bits per heavy atom. The summed E-state index contributed by atoms with van der Waals surface area (Å²) in [5.41, 5.74) is 1.53. The maximum absolute atomic E-state index is 12.9. The number of ether oxygens (including phenoxy) is 1. The van der Waals surface area contributed by atoms with E-state index >= 15 is 0 Å². The van der Waals surface area contributed by atoms with Crippen LogP contribution >= 0.6 is 11.6 Å². The highest BCUT2D eigenvalue weighted by atomic mass is 35.5. The first-order valence-electron chi connectivity index (χ1n) is 10.8. The number of likely N-dealkylation sites (tertiary alicyclic amines) is 1. The molecule has 0 spiro atoms. The average molecular weight is 468 g/mol. The molecule has 4 rings (SSSR count). The van der Waals surface area contributed by atoms with Crippen LogP contribution in [0.15, 0.2) is 27.6 Å². The van der Waals surface area contributed by atoms with Crippen molar-refractivity contribution in [2.75, 3.05) is 26.7 Å². The van der Waals surface area contributed by atoms with Crippen molar-refractivity contribution in [3.05, 3.63) is 40.2 Å². The lowest BCUT2D eigenvalue weighted by Crippen LogP contribution is -2.42. The van der Waals surface area contributed by atoms with Gasteiger partial charge in [-0.25, -0.2) is 12.7 Å². The van der Waals surface area contributed by atoms with Gasteiger partial charge in [0, 0.05) is 25.2 Å². The van der Waals surface area contributed by atoms with E-state index in [-0.39, 0.29) is 16.9 Å². The smallest absolute Gasteiger partial charge is 0.248 e. The van der Waals surface area contributed by atoms with Gasteiger partial charge in [-0.05, 0) is 76.2 Å². The number of benzene rings is 1. The van der Waals surface area contributed by atoms with Gasteiger partial charge < -0.3 is 9.26 Å². The molecule has 1 aromatic carbocycles. The Morgan fingerprint density at radius 2 is 1.97 bits per heavy atom. The Hall–Kier alpha value is -1.61. The SMILES string of the molecule is Cc1noc(C)c1S(=O)(=O)N(C)CC1CC(Oc2ccc(CN3CCCC3)c(Cl)c2)C1. The van der Waals surface area contributed by atoms with Crippen LogP contribution in [0.5, 0.6) is 5.75 Å². The zero-order chi connectivity index (χ0) is 22.2. The highest BCUT2D eigenvalue weighted by Crippen LogP contribution is 2.35. The van der Waals surface area contributed by atoms with E-state index < -0.39 is 10.0 Å². The Labute approximate surface area is 189 Å². The predicted octanol–water partition coefficient (Wildman–Crippen LogP) is 4.02. The molecule has 0 radical (unpaired) electrons. The van der Waals surface area contributed by atoms with Gasteiger partial charge >= 0.3 is 0 Å². The van der Waals surface area contributed by atoms with Crippen molar-refractivity contribution < 1.29 is 17.7 Å². The summed E-state index contributed by atoms with van der Waals surface area (Å²) >= 11 is 6.48. The Morgan fingerprint density at radius 1 is 1.26 bits per heavy atom. The van der Waals surface area contributed by atoms with Gasteiger partial charge in [0.2, 0.25) is 10.0 Å². The third-order valence-electron chi connectivity index (χ3n) is 6.26. The lowest BCUT2D eigenvalue weighted by atomic mass is 9.82. The van der Waals surface area contributed by atoms with Gasteiger partial charge in [0.25, 0.3) is 0 Å². The van der Waals surface area contributed by atoms with Crippen molar-refractivity contribution in [2.45, 2.75) is 57.1 Å². The Bertz CT molecular complexity index is 1010. The Balaban J connectivity index is 1.28. The van der Waals surface area contributed by atoms with Gasteiger partial charge in [0.05, 0.1) is 6.10 Å². The second kappa shape index (κ2) is 9.10. The van der Waals surface area contributed by atoms with Crippen LogP contribution in [0, 0.1) is 19.8 Å². The molecule has 2 aromatic rings. The summed E-state index contributed by atoms with van der Waals surface area (Å²) in [6, 6.07) is 5.93. The molecule has 9 heteroatoms. The average Bonchev–Trinajstić information content (AvgIpc) is 3.31. The van der Waals surface area contributed by atoms with Crippen molar-refractivity contribution in [3.63, 3.8) is 0 Å². The molecule has 1 saturated heterocycles. The van der Waals surface area contributed by atoms with E-state index in [9.17, 15) is 8.42 Å². The monoisotopic (exact) mass is 467 g/mol. The van der Waals surface area contributed by atoms with Gasteiger partial charge in [-0.2, -0.15) is 0 Å². The third-order valence-corrected chi connectivity index (χ3v) is 8.68. The van der Waals surface area contributed by atoms with Gasteiger partial charge in [-0.1, -0.05) is 22.8 Å². The predicted molar refractivity (Wildman–Crippen MR) is 119 cm³/mol. The quantitative estimate of drug-likeness (QED) is 0.583. The van der Waals surface area contributed by atoms with Gasteiger partial charge in [-0.3, -0.25) is 4.90 Å². The van der Waals surface area contributed by atoms with Crippen LogP contribution < -0.4 is 4.74 Å². The fraction of sp³-hybridized carbons (Fsp3) is 0.591. The normalized spacial score (nSPS) is 22.1. The highest BCUT2D eigenvalue weighted by Gasteiger charge is 2.36. The van der Waals surface area contributed by atoms with Crippen molar-refractivity contribution in [2.24, 2.45) is 5.92 Å². The van der Waals surface area contributed by atoms with E-state index in [1.807, 2.05) is 12.1 Å². The summed E-state index contributed by atoms with van der Waals surface area (Å²) in [4.78, 5) is 2.59. The molecular weight excluding hydrogens is 438 g/mol. The fourth-order valence-corrected chi connectivity index (χ4v) is 6.24. The molecule has 2 fully saturated rings. The molecule has 2 aliphatic rings. The highest BCUT2D eigenvalue weighted by molar-refractivity contribution is 7.89. The van der Waals surface area contributed by atoms with E-state index in [4.69, 9.17) is 20.9 Å². The van der Waals surface area contributed by atoms with E-state index in [1.54, 1.807) is 20.9 Å². The second-order valence-electron chi connectivity index (χ2n) is 8.75. The van der Waals surface area contributed by atoms with Crippen LogP contribution in [-0.4, -0.2) is 55.6 Å². The lowest BCUT2D eigenvalue weighted by molar-refractivity contribution is 0.0575. The first-order chi connectivity index (χ1) is 14.7. The minimum atomic E-state index is -3.61. The molecule has 170 valence electrons. The number of aromatic nitrogens is 1. The molecule has 0 atom stereocenters.